The number of carbonyl (C=O) groups is 2. The maximum absolute atomic E-state index is 12.6. The van der Waals surface area contributed by atoms with Crippen LogP contribution in [0.4, 0.5) is 0 Å². The van der Waals surface area contributed by atoms with E-state index in [1.165, 1.54) is 0 Å². The quantitative estimate of drug-likeness (QED) is 0.430. The lowest BCUT2D eigenvalue weighted by molar-refractivity contribution is -0.120. The molecule has 0 saturated heterocycles. The van der Waals surface area contributed by atoms with Crippen molar-refractivity contribution in [2.45, 2.75) is 13.0 Å². The SMILES string of the molecule is O=C(C/C(=C/c1ccccc1)NC(=O)c1ccccc1)NCc1nc2ccccc2[nH]1. The van der Waals surface area contributed by atoms with Crippen LogP contribution in [0.3, 0.4) is 0 Å². The molecule has 0 radical (unpaired) electrons. The summed E-state index contributed by atoms with van der Waals surface area (Å²) in [5, 5.41) is 5.73. The Balaban J connectivity index is 1.45. The van der Waals surface area contributed by atoms with Crippen molar-refractivity contribution < 1.29 is 9.59 Å². The molecule has 3 aromatic carbocycles. The predicted octanol–water partition coefficient (Wildman–Crippen LogP) is 4.04. The summed E-state index contributed by atoms with van der Waals surface area (Å²) in [4.78, 5) is 32.9. The number of hydrogen-bond acceptors (Lipinski definition) is 3. The minimum atomic E-state index is -0.257. The second kappa shape index (κ2) is 9.54. The summed E-state index contributed by atoms with van der Waals surface area (Å²) in [7, 11) is 0. The smallest absolute Gasteiger partial charge is 0.255 e. The minimum Gasteiger partial charge on any atom is -0.349 e. The fraction of sp³-hybridized carbons (Fsp3) is 0.0800. The summed E-state index contributed by atoms with van der Waals surface area (Å²) >= 11 is 0. The summed E-state index contributed by atoms with van der Waals surface area (Å²) in [5.74, 6) is 0.209. The molecule has 0 spiro atoms. The van der Waals surface area contributed by atoms with Crippen molar-refractivity contribution in [1.82, 2.24) is 20.6 Å². The van der Waals surface area contributed by atoms with Gasteiger partial charge in [-0.15, -0.1) is 0 Å². The van der Waals surface area contributed by atoms with E-state index in [4.69, 9.17) is 0 Å². The van der Waals surface area contributed by atoms with E-state index in [9.17, 15) is 9.59 Å². The number of nitrogens with zero attached hydrogens (tertiary/aromatic N) is 1. The Morgan fingerprint density at radius 2 is 1.55 bits per heavy atom. The number of para-hydroxylation sites is 2. The Morgan fingerprint density at radius 3 is 2.29 bits per heavy atom. The van der Waals surface area contributed by atoms with Gasteiger partial charge >= 0.3 is 0 Å². The zero-order valence-corrected chi connectivity index (χ0v) is 16.8. The van der Waals surface area contributed by atoms with E-state index >= 15 is 0 Å². The molecule has 0 bridgehead atoms. The van der Waals surface area contributed by atoms with E-state index in [0.29, 0.717) is 17.1 Å². The summed E-state index contributed by atoms with van der Waals surface area (Å²) in [6, 6.07) is 26.2. The first-order chi connectivity index (χ1) is 15.2. The highest BCUT2D eigenvalue weighted by atomic mass is 16.2. The molecule has 6 nitrogen and oxygen atoms in total. The third-order valence-electron chi connectivity index (χ3n) is 4.69. The van der Waals surface area contributed by atoms with Gasteiger partial charge in [0.25, 0.3) is 5.91 Å². The van der Waals surface area contributed by atoms with Crippen molar-refractivity contribution in [2.75, 3.05) is 0 Å². The molecule has 0 aliphatic heterocycles. The standard InChI is InChI=1S/C25H22N4O2/c30-24(26-17-23-28-21-13-7-8-14-22(21)29-23)16-20(15-18-9-3-1-4-10-18)27-25(31)19-11-5-2-6-12-19/h1-15H,16-17H2,(H,26,30)(H,27,31)(H,28,29)/b20-15-. The lowest BCUT2D eigenvalue weighted by Crippen LogP contribution is -2.29. The highest BCUT2D eigenvalue weighted by Gasteiger charge is 2.12. The number of fused-ring (bicyclic) bond motifs is 1. The molecule has 4 aromatic rings. The van der Waals surface area contributed by atoms with E-state index in [1.807, 2.05) is 66.7 Å². The molecule has 1 aromatic heterocycles. The monoisotopic (exact) mass is 410 g/mol. The first-order valence-electron chi connectivity index (χ1n) is 10.00. The van der Waals surface area contributed by atoms with Crippen LogP contribution in [0.5, 0.6) is 0 Å². The third-order valence-corrected chi connectivity index (χ3v) is 4.69. The van der Waals surface area contributed by atoms with E-state index < -0.39 is 0 Å². The van der Waals surface area contributed by atoms with Gasteiger partial charge < -0.3 is 15.6 Å². The van der Waals surface area contributed by atoms with Crippen LogP contribution in [0.1, 0.15) is 28.2 Å². The number of hydrogen-bond donors (Lipinski definition) is 3. The number of imidazole rings is 1. The van der Waals surface area contributed by atoms with Gasteiger partial charge in [-0.3, -0.25) is 9.59 Å². The lowest BCUT2D eigenvalue weighted by atomic mass is 10.1. The van der Waals surface area contributed by atoms with Crippen molar-refractivity contribution in [3.05, 3.63) is 108 Å². The molecule has 0 aliphatic carbocycles. The number of carbonyl (C=O) groups excluding carboxylic acids is 2. The number of aromatic amines is 1. The normalized spacial score (nSPS) is 11.3. The van der Waals surface area contributed by atoms with Gasteiger partial charge in [0.1, 0.15) is 5.82 Å². The van der Waals surface area contributed by atoms with Crippen LogP contribution in [0.15, 0.2) is 90.6 Å². The second-order valence-corrected chi connectivity index (χ2v) is 7.05. The molecule has 0 atom stereocenters. The molecular weight excluding hydrogens is 388 g/mol. The Labute approximate surface area is 180 Å². The molecule has 2 amide bonds. The Bertz CT molecular complexity index is 1180. The van der Waals surface area contributed by atoms with Crippen LogP contribution in [-0.4, -0.2) is 21.8 Å². The van der Waals surface area contributed by atoms with E-state index in [0.717, 1.165) is 16.6 Å². The van der Waals surface area contributed by atoms with Gasteiger partial charge in [-0.05, 0) is 35.9 Å². The number of nitrogens with one attached hydrogen (secondary N) is 3. The molecule has 1 heterocycles. The van der Waals surface area contributed by atoms with Crippen LogP contribution >= 0.6 is 0 Å². The number of aromatic nitrogens is 2. The highest BCUT2D eigenvalue weighted by Crippen LogP contribution is 2.11. The fourth-order valence-electron chi connectivity index (χ4n) is 3.20. The lowest BCUT2D eigenvalue weighted by Gasteiger charge is -2.11. The van der Waals surface area contributed by atoms with E-state index in [-0.39, 0.29) is 24.8 Å². The van der Waals surface area contributed by atoms with Crippen molar-refractivity contribution in [3.63, 3.8) is 0 Å². The summed E-state index contributed by atoms with van der Waals surface area (Å²) in [6.45, 7) is 0.277. The molecular formula is C25H22N4O2. The predicted molar refractivity (Wildman–Crippen MR) is 121 cm³/mol. The van der Waals surface area contributed by atoms with Gasteiger partial charge in [0.2, 0.25) is 5.91 Å². The Hall–Kier alpha value is -4.19. The van der Waals surface area contributed by atoms with Gasteiger partial charge in [0.15, 0.2) is 0 Å². The molecule has 0 saturated carbocycles. The number of benzene rings is 3. The largest absolute Gasteiger partial charge is 0.349 e. The first-order valence-corrected chi connectivity index (χ1v) is 10.00. The number of rotatable bonds is 7. The molecule has 31 heavy (non-hydrogen) atoms. The molecule has 154 valence electrons. The molecule has 6 heteroatoms. The van der Waals surface area contributed by atoms with Gasteiger partial charge in [-0.25, -0.2) is 4.98 Å². The third kappa shape index (κ3) is 5.45. The van der Waals surface area contributed by atoms with Crippen LogP contribution in [0, 0.1) is 0 Å². The molecule has 3 N–H and O–H groups in total. The number of amides is 2. The molecule has 4 rings (SSSR count). The minimum absolute atomic E-state index is 0.0354. The van der Waals surface area contributed by atoms with Crippen LogP contribution < -0.4 is 10.6 Å². The van der Waals surface area contributed by atoms with Crippen molar-refractivity contribution >= 4 is 28.9 Å². The Morgan fingerprint density at radius 1 is 0.871 bits per heavy atom. The molecule has 0 unspecified atom stereocenters. The fourth-order valence-corrected chi connectivity index (χ4v) is 3.20. The topological polar surface area (TPSA) is 86.9 Å². The maximum Gasteiger partial charge on any atom is 0.255 e. The first kappa shape index (κ1) is 20.1. The van der Waals surface area contributed by atoms with Crippen molar-refractivity contribution in [1.29, 1.82) is 0 Å². The van der Waals surface area contributed by atoms with Crippen LogP contribution in [-0.2, 0) is 11.3 Å². The van der Waals surface area contributed by atoms with Crippen LogP contribution in [0.2, 0.25) is 0 Å². The maximum atomic E-state index is 12.6. The van der Waals surface area contributed by atoms with Crippen molar-refractivity contribution in [2.24, 2.45) is 0 Å². The van der Waals surface area contributed by atoms with Gasteiger partial charge in [0.05, 0.1) is 24.0 Å². The average molecular weight is 410 g/mol. The Kier molecular flexibility index (Phi) is 6.18. The molecule has 0 aliphatic rings. The average Bonchev–Trinajstić information content (AvgIpc) is 3.22. The van der Waals surface area contributed by atoms with Gasteiger partial charge in [-0.2, -0.15) is 0 Å². The zero-order chi connectivity index (χ0) is 21.5. The van der Waals surface area contributed by atoms with E-state index in [1.54, 1.807) is 24.3 Å². The van der Waals surface area contributed by atoms with Gasteiger partial charge in [0, 0.05) is 11.3 Å². The van der Waals surface area contributed by atoms with Gasteiger partial charge in [-0.1, -0.05) is 60.7 Å². The zero-order valence-electron chi connectivity index (χ0n) is 16.8. The summed E-state index contributed by atoms with van der Waals surface area (Å²) in [5.41, 5.74) is 3.72. The van der Waals surface area contributed by atoms with Crippen LogP contribution in [0.25, 0.3) is 17.1 Å². The molecule has 0 fully saturated rings. The summed E-state index contributed by atoms with van der Waals surface area (Å²) < 4.78 is 0. The highest BCUT2D eigenvalue weighted by molar-refractivity contribution is 5.96. The van der Waals surface area contributed by atoms with E-state index in [2.05, 4.69) is 20.6 Å². The van der Waals surface area contributed by atoms with Crippen molar-refractivity contribution in [3.8, 4) is 0 Å². The number of H-pyrrole nitrogens is 1. The second-order valence-electron chi connectivity index (χ2n) is 7.05. The summed E-state index contributed by atoms with van der Waals surface area (Å²) in [6.07, 6.45) is 1.84.